The minimum Gasteiger partial charge on any atom is -0.381 e. The zero-order chi connectivity index (χ0) is 13.6. The van der Waals surface area contributed by atoms with Crippen LogP contribution in [0.15, 0.2) is 40.7 Å². The molecule has 0 saturated carbocycles. The first-order valence-corrected chi connectivity index (χ1v) is 5.98. The molecule has 0 N–H and O–H groups in total. The van der Waals surface area contributed by atoms with Gasteiger partial charge in [0.05, 0.1) is 0 Å². The number of hydrogen-bond donors (Lipinski definition) is 0. The summed E-state index contributed by atoms with van der Waals surface area (Å²) in [6.45, 7) is 16.1. The minimum absolute atomic E-state index is 0.890. The molecule has 17 heavy (non-hydrogen) atoms. The minimum atomic E-state index is 0.890. The molecule has 2 nitrogen and oxygen atoms in total. The Morgan fingerprint density at radius 2 is 1.53 bits per heavy atom. The predicted molar refractivity (Wildman–Crippen MR) is 78.4 cm³/mol. The Hall–Kier alpha value is -1.31. The summed E-state index contributed by atoms with van der Waals surface area (Å²) in [5, 5.41) is 0. The van der Waals surface area contributed by atoms with Crippen LogP contribution in [0.4, 0.5) is 0 Å². The molecule has 0 aliphatic rings. The van der Waals surface area contributed by atoms with E-state index < -0.39 is 0 Å². The molecule has 0 aliphatic heterocycles. The molecule has 0 aromatic heterocycles. The highest BCUT2D eigenvalue weighted by Gasteiger charge is 2.03. The number of allylic oxidation sites excluding steroid dienone is 4. The smallest absolute Gasteiger partial charge is 0.0422 e. The third kappa shape index (κ3) is 6.10. The van der Waals surface area contributed by atoms with Gasteiger partial charge in [-0.1, -0.05) is 12.2 Å². The van der Waals surface area contributed by atoms with Crippen molar-refractivity contribution in [1.82, 2.24) is 4.90 Å². The van der Waals surface area contributed by atoms with E-state index in [4.69, 9.17) is 0 Å². The van der Waals surface area contributed by atoms with Gasteiger partial charge in [0.25, 0.3) is 0 Å². The van der Waals surface area contributed by atoms with E-state index in [1.165, 1.54) is 16.8 Å². The third-order valence-electron chi connectivity index (χ3n) is 2.92. The van der Waals surface area contributed by atoms with Crippen LogP contribution in [0.1, 0.15) is 40.5 Å². The first kappa shape index (κ1) is 15.7. The molecule has 0 aromatic carbocycles. The van der Waals surface area contributed by atoms with Crippen LogP contribution >= 0.6 is 0 Å². The molecule has 0 aliphatic carbocycles. The van der Waals surface area contributed by atoms with Gasteiger partial charge in [-0.3, -0.25) is 4.99 Å². The van der Waals surface area contributed by atoms with Crippen molar-refractivity contribution in [3.05, 3.63) is 35.7 Å². The van der Waals surface area contributed by atoms with Crippen molar-refractivity contribution >= 4 is 5.71 Å². The van der Waals surface area contributed by atoms with E-state index in [0.29, 0.717) is 0 Å². The lowest BCUT2D eigenvalue weighted by molar-refractivity contribution is 0.510. The molecular weight excluding hydrogens is 208 g/mol. The van der Waals surface area contributed by atoms with Crippen molar-refractivity contribution < 1.29 is 0 Å². The number of aliphatic imine (C=N–C) groups is 1. The van der Waals surface area contributed by atoms with Crippen molar-refractivity contribution in [1.29, 1.82) is 0 Å². The molecule has 2 heteroatoms. The van der Waals surface area contributed by atoms with Crippen LogP contribution in [0.5, 0.6) is 0 Å². The van der Waals surface area contributed by atoms with Crippen LogP contribution in [0.3, 0.4) is 0 Å². The fourth-order valence-electron chi connectivity index (χ4n) is 1.33. The SMILES string of the molecule is C=C(C)CCC(=C)N=C(C)/C(C)=C(\C)N(C)C. The molecule has 0 amide bonds. The Morgan fingerprint density at radius 3 is 1.94 bits per heavy atom. The summed E-state index contributed by atoms with van der Waals surface area (Å²) in [7, 11) is 4.09. The van der Waals surface area contributed by atoms with Gasteiger partial charge in [0.2, 0.25) is 0 Å². The molecule has 0 rings (SSSR count). The molecule has 0 radical (unpaired) electrons. The topological polar surface area (TPSA) is 15.6 Å². The van der Waals surface area contributed by atoms with Gasteiger partial charge in [0, 0.05) is 31.2 Å². The van der Waals surface area contributed by atoms with E-state index in [1.807, 2.05) is 27.9 Å². The highest BCUT2D eigenvalue weighted by molar-refractivity contribution is 5.98. The first-order chi connectivity index (χ1) is 7.75. The molecular formula is C15H26N2. The summed E-state index contributed by atoms with van der Waals surface area (Å²) >= 11 is 0. The van der Waals surface area contributed by atoms with Crippen LogP contribution in [0.2, 0.25) is 0 Å². The van der Waals surface area contributed by atoms with Crippen molar-refractivity contribution in [2.24, 2.45) is 4.99 Å². The van der Waals surface area contributed by atoms with Crippen LogP contribution in [-0.2, 0) is 0 Å². The molecule has 0 heterocycles. The molecule has 0 saturated heterocycles. The maximum atomic E-state index is 4.55. The lowest BCUT2D eigenvalue weighted by atomic mass is 10.1. The van der Waals surface area contributed by atoms with E-state index in [-0.39, 0.29) is 0 Å². The predicted octanol–water partition coefficient (Wildman–Crippen LogP) is 4.17. The van der Waals surface area contributed by atoms with E-state index in [1.54, 1.807) is 0 Å². The largest absolute Gasteiger partial charge is 0.381 e. The first-order valence-electron chi connectivity index (χ1n) is 5.98. The van der Waals surface area contributed by atoms with Gasteiger partial charge in [-0.2, -0.15) is 0 Å². The summed E-state index contributed by atoms with van der Waals surface area (Å²) in [5.74, 6) is 0. The van der Waals surface area contributed by atoms with Gasteiger partial charge in [0.15, 0.2) is 0 Å². The van der Waals surface area contributed by atoms with Gasteiger partial charge < -0.3 is 4.90 Å². The van der Waals surface area contributed by atoms with Gasteiger partial charge in [-0.05, 0) is 46.1 Å². The second-order valence-electron chi connectivity index (χ2n) is 4.83. The van der Waals surface area contributed by atoms with Crippen LogP contribution < -0.4 is 0 Å². The molecule has 0 spiro atoms. The molecule has 0 aromatic rings. The van der Waals surface area contributed by atoms with Gasteiger partial charge in [-0.15, -0.1) is 6.58 Å². The van der Waals surface area contributed by atoms with Crippen molar-refractivity contribution in [3.63, 3.8) is 0 Å². The third-order valence-corrected chi connectivity index (χ3v) is 2.92. The summed E-state index contributed by atoms with van der Waals surface area (Å²) in [6, 6.07) is 0. The molecule has 0 bridgehead atoms. The molecule has 0 atom stereocenters. The van der Waals surface area contributed by atoms with Crippen molar-refractivity contribution in [3.8, 4) is 0 Å². The number of nitrogens with zero attached hydrogens (tertiary/aromatic N) is 2. The highest BCUT2D eigenvalue weighted by Crippen LogP contribution is 2.13. The zero-order valence-corrected chi connectivity index (χ0v) is 12.2. The normalized spacial score (nSPS) is 13.2. The maximum Gasteiger partial charge on any atom is 0.0422 e. The average Bonchev–Trinajstić information content (AvgIpc) is 2.23. The van der Waals surface area contributed by atoms with E-state index >= 15 is 0 Å². The summed E-state index contributed by atoms with van der Waals surface area (Å²) in [5.41, 5.74) is 5.60. The van der Waals surface area contributed by atoms with Crippen LogP contribution in [0.25, 0.3) is 0 Å². The van der Waals surface area contributed by atoms with E-state index in [0.717, 1.165) is 24.3 Å². The van der Waals surface area contributed by atoms with Crippen molar-refractivity contribution in [2.45, 2.75) is 40.5 Å². The maximum absolute atomic E-state index is 4.55. The lowest BCUT2D eigenvalue weighted by Crippen LogP contribution is -2.12. The lowest BCUT2D eigenvalue weighted by Gasteiger charge is -2.16. The zero-order valence-electron chi connectivity index (χ0n) is 12.2. The van der Waals surface area contributed by atoms with E-state index in [9.17, 15) is 0 Å². The van der Waals surface area contributed by atoms with Crippen LogP contribution in [-0.4, -0.2) is 24.7 Å². The fourth-order valence-corrected chi connectivity index (χ4v) is 1.33. The Morgan fingerprint density at radius 1 is 1.00 bits per heavy atom. The number of hydrogen-bond acceptors (Lipinski definition) is 2. The Bertz CT molecular complexity index is 357. The van der Waals surface area contributed by atoms with E-state index in [2.05, 4.69) is 36.9 Å². The average molecular weight is 234 g/mol. The highest BCUT2D eigenvalue weighted by atomic mass is 15.1. The van der Waals surface area contributed by atoms with Crippen molar-refractivity contribution in [2.75, 3.05) is 14.1 Å². The second kappa shape index (κ2) is 7.10. The monoisotopic (exact) mass is 234 g/mol. The fraction of sp³-hybridized carbons (Fsp3) is 0.533. The van der Waals surface area contributed by atoms with Gasteiger partial charge in [-0.25, -0.2) is 0 Å². The van der Waals surface area contributed by atoms with Gasteiger partial charge >= 0.3 is 0 Å². The summed E-state index contributed by atoms with van der Waals surface area (Å²) < 4.78 is 0. The summed E-state index contributed by atoms with van der Waals surface area (Å²) in [6.07, 6.45) is 1.85. The quantitative estimate of drug-likeness (QED) is 0.497. The Labute approximate surface area is 106 Å². The molecule has 96 valence electrons. The Balaban J connectivity index is 4.70. The Kier molecular flexibility index (Phi) is 6.55. The number of rotatable bonds is 6. The molecule has 0 fully saturated rings. The second-order valence-corrected chi connectivity index (χ2v) is 4.83. The summed E-state index contributed by atoms with van der Waals surface area (Å²) in [4.78, 5) is 6.65. The van der Waals surface area contributed by atoms with Crippen LogP contribution in [0, 0.1) is 0 Å². The van der Waals surface area contributed by atoms with Gasteiger partial charge in [0.1, 0.15) is 0 Å². The standard InChI is InChI=1S/C15H26N2/c1-11(2)9-10-12(3)16-14(5)13(4)15(6)17(7)8/h1,3,9-10H2,2,4-8H3/b15-13+,16-14?. The molecule has 0 unspecified atom stereocenters.